The molecule has 170 valence electrons. The second-order valence-corrected chi connectivity index (χ2v) is 8.70. The lowest BCUT2D eigenvalue weighted by Gasteiger charge is -2.47. The Labute approximate surface area is 196 Å². The SMILES string of the molecule is C#Cc1ccc(N2CC(=O)N(Cc3ccc(Cl)cc3)C3(CCN(C(=O)CC)C3)C2=O)c(F)c1. The smallest absolute Gasteiger partial charge is 0.255 e. The number of hydrogen-bond donors (Lipinski definition) is 0. The number of anilines is 1. The molecule has 1 unspecified atom stereocenters. The minimum atomic E-state index is -1.28. The molecule has 4 rings (SSSR count). The number of terminal acetylenes is 1. The van der Waals surface area contributed by atoms with Gasteiger partial charge in [0.25, 0.3) is 5.91 Å². The molecule has 3 amide bonds. The quantitative estimate of drug-likeness (QED) is 0.649. The number of nitrogens with zero attached hydrogens (tertiary/aromatic N) is 3. The van der Waals surface area contributed by atoms with Crippen LogP contribution in [0.1, 0.15) is 30.9 Å². The van der Waals surface area contributed by atoms with Gasteiger partial charge in [0.2, 0.25) is 11.8 Å². The molecule has 2 aliphatic rings. The van der Waals surface area contributed by atoms with E-state index in [0.717, 1.165) is 5.56 Å². The highest BCUT2D eigenvalue weighted by Crippen LogP contribution is 2.37. The summed E-state index contributed by atoms with van der Waals surface area (Å²) in [7, 11) is 0. The Morgan fingerprint density at radius 3 is 2.58 bits per heavy atom. The van der Waals surface area contributed by atoms with Gasteiger partial charge in [-0.05, 0) is 42.3 Å². The van der Waals surface area contributed by atoms with Crippen LogP contribution in [-0.2, 0) is 20.9 Å². The summed E-state index contributed by atoms with van der Waals surface area (Å²) in [6.45, 7) is 2.04. The van der Waals surface area contributed by atoms with E-state index < -0.39 is 17.3 Å². The number of benzene rings is 2. The predicted octanol–water partition coefficient (Wildman–Crippen LogP) is 3.22. The van der Waals surface area contributed by atoms with E-state index in [1.165, 1.54) is 28.0 Å². The molecule has 33 heavy (non-hydrogen) atoms. The van der Waals surface area contributed by atoms with Crippen molar-refractivity contribution in [2.75, 3.05) is 24.5 Å². The molecule has 6 nitrogen and oxygen atoms in total. The average molecular weight is 468 g/mol. The van der Waals surface area contributed by atoms with Gasteiger partial charge in [0.1, 0.15) is 17.9 Å². The molecule has 1 spiro atoms. The maximum Gasteiger partial charge on any atom is 0.255 e. The topological polar surface area (TPSA) is 60.9 Å². The van der Waals surface area contributed by atoms with Gasteiger partial charge in [-0.3, -0.25) is 19.3 Å². The van der Waals surface area contributed by atoms with Gasteiger partial charge in [-0.15, -0.1) is 6.42 Å². The number of carbonyl (C=O) groups excluding carboxylic acids is 3. The summed E-state index contributed by atoms with van der Waals surface area (Å²) in [6.07, 6.45) is 5.91. The zero-order valence-corrected chi connectivity index (χ0v) is 18.9. The number of hydrogen-bond acceptors (Lipinski definition) is 3. The van der Waals surface area contributed by atoms with Crippen LogP contribution in [0.4, 0.5) is 10.1 Å². The van der Waals surface area contributed by atoms with Crippen LogP contribution < -0.4 is 4.90 Å². The van der Waals surface area contributed by atoms with Crippen LogP contribution in [0.2, 0.25) is 5.02 Å². The molecular formula is C25H23ClFN3O3. The van der Waals surface area contributed by atoms with E-state index in [2.05, 4.69) is 5.92 Å². The zero-order valence-electron chi connectivity index (χ0n) is 18.2. The van der Waals surface area contributed by atoms with Crippen molar-refractivity contribution < 1.29 is 18.8 Å². The van der Waals surface area contributed by atoms with E-state index >= 15 is 0 Å². The second kappa shape index (κ2) is 8.87. The number of carbonyl (C=O) groups is 3. The minimum Gasteiger partial charge on any atom is -0.340 e. The predicted molar refractivity (Wildman–Crippen MR) is 123 cm³/mol. The standard InChI is InChI=1S/C25H23ClFN3O3/c1-3-17-7-10-21(20(27)13-17)29-15-23(32)30(14-18-5-8-19(26)9-6-18)25(24(29)33)11-12-28(16-25)22(31)4-2/h1,5-10,13H,4,11-12,14-16H2,2H3. The van der Waals surface area contributed by atoms with Crippen LogP contribution in [0, 0.1) is 18.2 Å². The first-order valence-corrected chi connectivity index (χ1v) is 11.1. The van der Waals surface area contributed by atoms with Gasteiger partial charge in [0, 0.05) is 30.1 Å². The Kier molecular flexibility index (Phi) is 6.13. The summed E-state index contributed by atoms with van der Waals surface area (Å²) in [6, 6.07) is 11.1. The summed E-state index contributed by atoms with van der Waals surface area (Å²) in [5, 5.41) is 0.562. The monoisotopic (exact) mass is 467 g/mol. The molecule has 2 aliphatic heterocycles. The Hall–Kier alpha value is -3.37. The van der Waals surface area contributed by atoms with Gasteiger partial charge in [0.05, 0.1) is 12.2 Å². The Balaban J connectivity index is 1.74. The van der Waals surface area contributed by atoms with Crippen molar-refractivity contribution in [1.82, 2.24) is 9.80 Å². The Morgan fingerprint density at radius 1 is 1.21 bits per heavy atom. The molecule has 8 heteroatoms. The summed E-state index contributed by atoms with van der Waals surface area (Å²) < 4.78 is 14.8. The highest BCUT2D eigenvalue weighted by Gasteiger charge is 2.57. The van der Waals surface area contributed by atoms with Crippen molar-refractivity contribution in [1.29, 1.82) is 0 Å². The van der Waals surface area contributed by atoms with Crippen molar-refractivity contribution >= 4 is 35.0 Å². The van der Waals surface area contributed by atoms with Crippen LogP contribution in [0.5, 0.6) is 0 Å². The van der Waals surface area contributed by atoms with E-state index in [4.69, 9.17) is 18.0 Å². The molecule has 2 fully saturated rings. The maximum absolute atomic E-state index is 14.8. The van der Waals surface area contributed by atoms with Gasteiger partial charge < -0.3 is 9.80 Å². The lowest BCUT2D eigenvalue weighted by Crippen LogP contribution is -2.69. The van der Waals surface area contributed by atoms with E-state index in [1.54, 1.807) is 36.1 Å². The molecular weight excluding hydrogens is 445 g/mol. The third kappa shape index (κ3) is 4.07. The first kappa shape index (κ1) is 22.8. The summed E-state index contributed by atoms with van der Waals surface area (Å²) in [5.41, 5.74) is -0.139. The van der Waals surface area contributed by atoms with Crippen LogP contribution >= 0.6 is 11.6 Å². The van der Waals surface area contributed by atoms with E-state index in [1.807, 2.05) is 0 Å². The molecule has 2 heterocycles. The molecule has 2 aromatic carbocycles. The third-order valence-electron chi connectivity index (χ3n) is 6.32. The van der Waals surface area contributed by atoms with Crippen molar-refractivity contribution in [2.24, 2.45) is 0 Å². The highest BCUT2D eigenvalue weighted by molar-refractivity contribution is 6.30. The average Bonchev–Trinajstić information content (AvgIpc) is 3.26. The van der Waals surface area contributed by atoms with E-state index in [-0.39, 0.29) is 43.6 Å². The first-order valence-electron chi connectivity index (χ1n) is 10.7. The molecule has 2 aromatic rings. The highest BCUT2D eigenvalue weighted by atomic mass is 35.5. The minimum absolute atomic E-state index is 0.00173. The van der Waals surface area contributed by atoms with Crippen molar-refractivity contribution in [3.8, 4) is 12.3 Å². The molecule has 0 bridgehead atoms. The Morgan fingerprint density at radius 2 is 1.94 bits per heavy atom. The number of rotatable bonds is 4. The van der Waals surface area contributed by atoms with Crippen LogP contribution in [-0.4, -0.2) is 52.7 Å². The second-order valence-electron chi connectivity index (χ2n) is 8.26. The summed E-state index contributed by atoms with van der Waals surface area (Å²) in [4.78, 5) is 44.0. The number of likely N-dealkylation sites (tertiary alicyclic amines) is 1. The fourth-order valence-corrected chi connectivity index (χ4v) is 4.67. The van der Waals surface area contributed by atoms with Crippen molar-refractivity contribution in [3.63, 3.8) is 0 Å². The van der Waals surface area contributed by atoms with E-state index in [0.29, 0.717) is 23.6 Å². The normalized spacial score (nSPS) is 20.5. The van der Waals surface area contributed by atoms with Gasteiger partial charge in [-0.1, -0.05) is 36.6 Å². The summed E-state index contributed by atoms with van der Waals surface area (Å²) >= 11 is 5.99. The number of piperazine rings is 1. The molecule has 0 aromatic heterocycles. The molecule has 1 atom stereocenters. The number of halogens is 2. The first-order chi connectivity index (χ1) is 15.8. The van der Waals surface area contributed by atoms with Gasteiger partial charge in [0.15, 0.2) is 0 Å². The molecule has 2 saturated heterocycles. The fraction of sp³-hybridized carbons (Fsp3) is 0.320. The summed E-state index contributed by atoms with van der Waals surface area (Å²) in [5.74, 6) is 0.856. The molecule has 0 N–H and O–H groups in total. The maximum atomic E-state index is 14.8. The van der Waals surface area contributed by atoms with Crippen LogP contribution in [0.3, 0.4) is 0 Å². The van der Waals surface area contributed by atoms with Gasteiger partial charge in [-0.25, -0.2) is 4.39 Å². The molecule has 0 saturated carbocycles. The zero-order chi connectivity index (χ0) is 23.8. The molecule has 0 radical (unpaired) electrons. The van der Waals surface area contributed by atoms with Gasteiger partial charge in [-0.2, -0.15) is 0 Å². The van der Waals surface area contributed by atoms with Gasteiger partial charge >= 0.3 is 0 Å². The lowest BCUT2D eigenvalue weighted by atomic mass is 9.89. The van der Waals surface area contributed by atoms with Crippen molar-refractivity contribution in [2.45, 2.75) is 31.8 Å². The largest absolute Gasteiger partial charge is 0.340 e. The lowest BCUT2D eigenvalue weighted by molar-refractivity contribution is -0.151. The van der Waals surface area contributed by atoms with Crippen molar-refractivity contribution in [3.05, 3.63) is 64.4 Å². The number of amides is 3. The third-order valence-corrected chi connectivity index (χ3v) is 6.57. The Bertz CT molecular complexity index is 1160. The van der Waals surface area contributed by atoms with Crippen LogP contribution in [0.25, 0.3) is 0 Å². The fourth-order valence-electron chi connectivity index (χ4n) is 4.54. The van der Waals surface area contributed by atoms with E-state index in [9.17, 15) is 18.8 Å². The molecule has 0 aliphatic carbocycles. The van der Waals surface area contributed by atoms with Crippen LogP contribution in [0.15, 0.2) is 42.5 Å².